The lowest BCUT2D eigenvalue weighted by molar-refractivity contribution is -0.107. The summed E-state index contributed by atoms with van der Waals surface area (Å²) in [5, 5.41) is 14.3. The average molecular weight is 438 g/mol. The number of hydrogen-bond donors (Lipinski definition) is 3. The first kappa shape index (κ1) is 24.3. The number of benzene rings is 2. The fourth-order valence-corrected chi connectivity index (χ4v) is 2.97. The molecular weight excluding hydrogens is 413 g/mol. The molecule has 2 rings (SSSR count). The largest absolute Gasteiger partial charge is 0.504 e. The normalized spacial score (nSPS) is 9.79. The van der Waals surface area contributed by atoms with Crippen molar-refractivity contribution in [2.75, 3.05) is 12.8 Å². The highest BCUT2D eigenvalue weighted by Crippen LogP contribution is 2.32. The van der Waals surface area contributed by atoms with Crippen LogP contribution >= 0.6 is 23.2 Å². The predicted octanol–water partition coefficient (Wildman–Crippen LogP) is 4.54. The van der Waals surface area contributed by atoms with Crippen molar-refractivity contribution in [1.82, 2.24) is 5.43 Å². The van der Waals surface area contributed by atoms with Crippen LogP contribution in [0.1, 0.15) is 23.6 Å². The molecule has 8 heteroatoms. The summed E-state index contributed by atoms with van der Waals surface area (Å²) in [6.45, 7) is 9.14. The molecule has 6 nitrogen and oxygen atoms in total. The number of nitrogen functional groups attached to an aromatic ring is 1. The minimum Gasteiger partial charge on any atom is -0.504 e. The van der Waals surface area contributed by atoms with Gasteiger partial charge in [-0.1, -0.05) is 42.8 Å². The van der Waals surface area contributed by atoms with Crippen LogP contribution in [-0.4, -0.2) is 25.2 Å². The maximum atomic E-state index is 10.2. The molecule has 4 N–H and O–H groups in total. The molecule has 0 radical (unpaired) electrons. The van der Waals surface area contributed by atoms with Gasteiger partial charge in [-0.25, -0.2) is 0 Å². The zero-order chi connectivity index (χ0) is 22.0. The quantitative estimate of drug-likeness (QED) is 0.243. The van der Waals surface area contributed by atoms with E-state index in [1.54, 1.807) is 18.2 Å². The lowest BCUT2D eigenvalue weighted by atomic mass is 10.0. The monoisotopic (exact) mass is 437 g/mol. The van der Waals surface area contributed by atoms with Gasteiger partial charge in [0.25, 0.3) is 0 Å². The molecular formula is C21H25Cl2N3O3. The highest BCUT2D eigenvalue weighted by atomic mass is 35.5. The van der Waals surface area contributed by atoms with Crippen molar-refractivity contribution in [1.29, 1.82) is 0 Å². The Morgan fingerprint density at radius 1 is 1.34 bits per heavy atom. The number of nitrogens with one attached hydrogen (secondary N) is 1. The van der Waals surface area contributed by atoms with Crippen molar-refractivity contribution in [3.63, 3.8) is 0 Å². The number of ether oxygens (including phenoxy) is 1. The molecule has 0 bridgehead atoms. The zero-order valence-corrected chi connectivity index (χ0v) is 18.0. The second kappa shape index (κ2) is 12.0. The number of nitrogens with two attached hydrogens (primary N) is 1. The van der Waals surface area contributed by atoms with Crippen LogP contribution in [0.15, 0.2) is 41.6 Å². The van der Waals surface area contributed by atoms with Crippen LogP contribution in [0.5, 0.6) is 11.5 Å². The van der Waals surface area contributed by atoms with E-state index in [-0.39, 0.29) is 12.2 Å². The number of nitrogens with zero attached hydrogens (tertiary/aromatic N) is 1. The Bertz CT molecular complexity index is 861. The summed E-state index contributed by atoms with van der Waals surface area (Å²) in [5.74, 6) is 0.692. The van der Waals surface area contributed by atoms with E-state index >= 15 is 0 Å². The van der Waals surface area contributed by atoms with Crippen LogP contribution in [0.25, 0.3) is 0 Å². The third kappa shape index (κ3) is 7.00. The lowest BCUT2D eigenvalue weighted by Gasteiger charge is -2.12. The summed E-state index contributed by atoms with van der Waals surface area (Å²) in [7, 11) is 1.54. The van der Waals surface area contributed by atoms with E-state index in [1.807, 2.05) is 13.0 Å². The van der Waals surface area contributed by atoms with E-state index in [9.17, 15) is 9.90 Å². The number of phenols is 1. The Labute approximate surface area is 181 Å². The summed E-state index contributed by atoms with van der Waals surface area (Å²) in [4.78, 5) is 10.2. The van der Waals surface area contributed by atoms with E-state index in [0.717, 1.165) is 29.5 Å². The number of rotatable bonds is 8. The Morgan fingerprint density at radius 3 is 2.55 bits per heavy atom. The molecule has 0 aromatic heterocycles. The first-order valence-corrected chi connectivity index (χ1v) is 9.48. The van der Waals surface area contributed by atoms with Gasteiger partial charge in [-0.2, -0.15) is 5.10 Å². The van der Waals surface area contributed by atoms with Gasteiger partial charge < -0.3 is 20.4 Å². The molecule has 0 aliphatic rings. The van der Waals surface area contributed by atoms with Gasteiger partial charge in [0.15, 0.2) is 11.5 Å². The highest BCUT2D eigenvalue weighted by molar-refractivity contribution is 6.36. The van der Waals surface area contributed by atoms with Gasteiger partial charge in [0.1, 0.15) is 6.29 Å². The molecule has 0 aliphatic carbocycles. The van der Waals surface area contributed by atoms with Gasteiger partial charge in [0.2, 0.25) is 0 Å². The fraction of sp³-hybridized carbons (Fsp3) is 0.238. The number of aryl methyl sites for hydroxylation is 1. The number of hydrazone groups is 1. The molecule has 156 valence electrons. The van der Waals surface area contributed by atoms with E-state index in [1.165, 1.54) is 7.11 Å². The SMILES string of the molecule is C=NNC(=C)Cc1cc(CC)c(O)c(OC)c1.Nc1c(Cl)ccc(Cl)c1CC=O. The van der Waals surface area contributed by atoms with Gasteiger partial charge in [-0.15, -0.1) is 0 Å². The van der Waals surface area contributed by atoms with E-state index in [0.29, 0.717) is 33.5 Å². The summed E-state index contributed by atoms with van der Waals surface area (Å²) in [5.41, 5.74) is 11.9. The molecule has 29 heavy (non-hydrogen) atoms. The molecule has 0 heterocycles. The molecule has 2 aromatic rings. The van der Waals surface area contributed by atoms with E-state index in [2.05, 4.69) is 23.8 Å². The maximum absolute atomic E-state index is 10.2. The molecule has 0 saturated heterocycles. The van der Waals surface area contributed by atoms with Crippen molar-refractivity contribution in [2.24, 2.45) is 5.10 Å². The van der Waals surface area contributed by atoms with E-state index < -0.39 is 0 Å². The smallest absolute Gasteiger partial charge is 0.161 e. The predicted molar refractivity (Wildman–Crippen MR) is 120 cm³/mol. The zero-order valence-electron chi connectivity index (χ0n) is 16.5. The lowest BCUT2D eigenvalue weighted by Crippen LogP contribution is -2.06. The van der Waals surface area contributed by atoms with Gasteiger partial charge in [-0.3, -0.25) is 5.43 Å². The van der Waals surface area contributed by atoms with Crippen molar-refractivity contribution in [3.8, 4) is 11.5 Å². The average Bonchev–Trinajstić information content (AvgIpc) is 2.70. The highest BCUT2D eigenvalue weighted by Gasteiger charge is 2.10. The molecule has 0 fully saturated rings. The van der Waals surface area contributed by atoms with Crippen LogP contribution < -0.4 is 15.9 Å². The minimum absolute atomic E-state index is 0.200. The standard InChI is InChI=1S/C13H18N2O2.C8H7Cl2NO/c1-5-11-7-10(6-9(2)15-14-3)8-12(17-4)13(11)16;9-6-1-2-7(10)8(11)5(6)3-4-12/h7-8,15-16H,2-3,5-6H2,1,4H3;1-2,4H,3,11H2. The Hall–Kier alpha value is -2.70. The molecule has 0 unspecified atom stereocenters. The molecule has 0 spiro atoms. The van der Waals surface area contributed by atoms with Crippen LogP contribution in [0, 0.1) is 0 Å². The number of carbonyl (C=O) groups excluding carboxylic acids is 1. The second-order valence-electron chi connectivity index (χ2n) is 6.00. The summed E-state index contributed by atoms with van der Waals surface area (Å²) in [6, 6.07) is 6.96. The van der Waals surface area contributed by atoms with Crippen LogP contribution in [0.4, 0.5) is 5.69 Å². The van der Waals surface area contributed by atoms with Crippen molar-refractivity contribution >= 4 is 41.9 Å². The summed E-state index contributed by atoms with van der Waals surface area (Å²) in [6.07, 6.45) is 2.30. The molecule has 2 aromatic carbocycles. The first-order valence-electron chi connectivity index (χ1n) is 8.73. The Morgan fingerprint density at radius 2 is 2.00 bits per heavy atom. The van der Waals surface area contributed by atoms with E-state index in [4.69, 9.17) is 33.7 Å². The summed E-state index contributed by atoms with van der Waals surface area (Å²) >= 11 is 11.5. The number of anilines is 1. The van der Waals surface area contributed by atoms with Crippen molar-refractivity contribution < 1.29 is 14.6 Å². The summed E-state index contributed by atoms with van der Waals surface area (Å²) < 4.78 is 5.13. The topological polar surface area (TPSA) is 96.9 Å². The van der Waals surface area contributed by atoms with Gasteiger partial charge in [0, 0.05) is 35.8 Å². The number of hydrogen-bond acceptors (Lipinski definition) is 6. The third-order valence-electron chi connectivity index (χ3n) is 4.00. The number of phenolic OH excluding ortho intramolecular Hbond substituents is 1. The minimum atomic E-state index is 0.200. The Kier molecular flexibility index (Phi) is 10.1. The second-order valence-corrected chi connectivity index (χ2v) is 6.82. The Balaban J connectivity index is 0.000000308. The number of carbonyl (C=O) groups is 1. The molecule has 0 aliphatic heterocycles. The van der Waals surface area contributed by atoms with Gasteiger partial charge in [-0.05, 0) is 35.7 Å². The van der Waals surface area contributed by atoms with Crippen molar-refractivity contribution in [3.05, 3.63) is 63.3 Å². The molecule has 0 saturated carbocycles. The van der Waals surface area contributed by atoms with Crippen LogP contribution in [0.2, 0.25) is 10.0 Å². The number of halogens is 2. The number of methoxy groups -OCH3 is 1. The third-order valence-corrected chi connectivity index (χ3v) is 4.69. The number of aldehydes is 1. The van der Waals surface area contributed by atoms with Crippen LogP contribution in [0.3, 0.4) is 0 Å². The molecule has 0 amide bonds. The number of allylic oxidation sites excluding steroid dienone is 1. The maximum Gasteiger partial charge on any atom is 0.161 e. The van der Waals surface area contributed by atoms with Gasteiger partial charge >= 0.3 is 0 Å². The van der Waals surface area contributed by atoms with Crippen LogP contribution in [-0.2, 0) is 24.1 Å². The van der Waals surface area contributed by atoms with Gasteiger partial charge in [0.05, 0.1) is 17.8 Å². The molecule has 0 atom stereocenters. The first-order chi connectivity index (χ1) is 13.8. The van der Waals surface area contributed by atoms with Crippen molar-refractivity contribution in [2.45, 2.75) is 26.2 Å². The fourth-order valence-electron chi connectivity index (χ4n) is 2.55. The number of aromatic hydroxyl groups is 1.